The molecule has 0 aliphatic carbocycles. The van der Waals surface area contributed by atoms with Crippen molar-refractivity contribution in [1.29, 1.82) is 0 Å². The van der Waals surface area contributed by atoms with Gasteiger partial charge in [-0.15, -0.1) is 0 Å². The normalized spacial score (nSPS) is 23.3. The number of carbonyl (C=O) groups is 1. The van der Waals surface area contributed by atoms with Gasteiger partial charge >= 0.3 is 0 Å². The van der Waals surface area contributed by atoms with Crippen LogP contribution in [0.1, 0.15) is 23.6 Å². The number of nitrogens with zero attached hydrogens (tertiary/aromatic N) is 1. The number of carbonyl (C=O) groups excluding carboxylic acids is 1. The zero-order chi connectivity index (χ0) is 14.4. The summed E-state index contributed by atoms with van der Waals surface area (Å²) >= 11 is 0. The number of amides is 1. The third kappa shape index (κ3) is 1.61. The maximum atomic E-state index is 13.1. The third-order valence-electron chi connectivity index (χ3n) is 4.56. The average molecular weight is 279 g/mol. The highest BCUT2D eigenvalue weighted by molar-refractivity contribution is 6.03. The molecule has 21 heavy (non-hydrogen) atoms. The van der Waals surface area contributed by atoms with Crippen molar-refractivity contribution >= 4 is 11.6 Å². The van der Waals surface area contributed by atoms with E-state index in [0.29, 0.717) is 19.6 Å². The molecule has 4 rings (SSSR count). The molecule has 1 atom stereocenters. The Balaban J connectivity index is 1.92. The highest BCUT2D eigenvalue weighted by atomic mass is 16.5. The average Bonchev–Trinajstić information content (AvgIpc) is 2.89. The maximum Gasteiger partial charge on any atom is 0.264 e. The number of para-hydroxylation sites is 1. The van der Waals surface area contributed by atoms with E-state index < -0.39 is 5.60 Å². The Kier molecular flexibility index (Phi) is 2.66. The maximum absolute atomic E-state index is 13.1. The number of benzene rings is 2. The molecular weight excluding hydrogens is 262 g/mol. The van der Waals surface area contributed by atoms with Crippen LogP contribution in [-0.4, -0.2) is 12.5 Å². The van der Waals surface area contributed by atoms with Crippen molar-refractivity contribution in [2.75, 3.05) is 11.4 Å². The Bertz CT molecular complexity index is 725. The van der Waals surface area contributed by atoms with Gasteiger partial charge in [-0.2, -0.15) is 0 Å². The second-order valence-corrected chi connectivity index (χ2v) is 5.63. The van der Waals surface area contributed by atoms with E-state index in [1.54, 1.807) is 0 Å². The van der Waals surface area contributed by atoms with Crippen LogP contribution in [0.15, 0.2) is 48.5 Å². The van der Waals surface area contributed by atoms with Crippen LogP contribution in [0.4, 0.5) is 5.69 Å². The van der Waals surface area contributed by atoms with Crippen LogP contribution < -0.4 is 4.90 Å². The molecule has 0 aromatic heterocycles. The minimum Gasteiger partial charge on any atom is -0.355 e. The zero-order valence-corrected chi connectivity index (χ0v) is 12.0. The molecular formula is C18H17NO2. The lowest BCUT2D eigenvalue weighted by molar-refractivity contribution is -0.145. The summed E-state index contributed by atoms with van der Waals surface area (Å²) in [7, 11) is 0. The molecule has 2 aromatic carbocycles. The van der Waals surface area contributed by atoms with Crippen LogP contribution >= 0.6 is 0 Å². The van der Waals surface area contributed by atoms with Crippen molar-refractivity contribution in [3.63, 3.8) is 0 Å². The lowest BCUT2D eigenvalue weighted by atomic mass is 9.81. The molecule has 2 heterocycles. The van der Waals surface area contributed by atoms with E-state index in [2.05, 4.69) is 6.07 Å². The fourth-order valence-corrected chi connectivity index (χ4v) is 3.55. The van der Waals surface area contributed by atoms with Crippen molar-refractivity contribution in [3.8, 4) is 0 Å². The topological polar surface area (TPSA) is 29.5 Å². The van der Waals surface area contributed by atoms with Gasteiger partial charge in [-0.3, -0.25) is 4.79 Å². The predicted molar refractivity (Wildman–Crippen MR) is 81.1 cm³/mol. The van der Waals surface area contributed by atoms with E-state index in [4.69, 9.17) is 4.74 Å². The number of anilines is 1. The Morgan fingerprint density at radius 1 is 1.10 bits per heavy atom. The van der Waals surface area contributed by atoms with Gasteiger partial charge in [0.25, 0.3) is 5.91 Å². The van der Waals surface area contributed by atoms with Gasteiger partial charge in [0.05, 0.1) is 6.61 Å². The summed E-state index contributed by atoms with van der Waals surface area (Å²) in [4.78, 5) is 15.0. The van der Waals surface area contributed by atoms with Gasteiger partial charge in [0.15, 0.2) is 5.60 Å². The molecule has 3 heteroatoms. The van der Waals surface area contributed by atoms with E-state index >= 15 is 0 Å². The van der Waals surface area contributed by atoms with Gasteiger partial charge in [-0.1, -0.05) is 42.5 Å². The van der Waals surface area contributed by atoms with Crippen LogP contribution in [0.2, 0.25) is 0 Å². The first-order valence-corrected chi connectivity index (χ1v) is 7.38. The summed E-state index contributed by atoms with van der Waals surface area (Å²) in [5.74, 6) is 0.0636. The highest BCUT2D eigenvalue weighted by Gasteiger charge is 2.51. The largest absolute Gasteiger partial charge is 0.355 e. The Morgan fingerprint density at radius 2 is 1.81 bits per heavy atom. The first-order valence-electron chi connectivity index (χ1n) is 7.38. The van der Waals surface area contributed by atoms with Crippen LogP contribution in [-0.2, 0) is 28.2 Å². The standard InChI is InChI=1S/C18H17NO2/c1-2-19-16-10-6-4-7-13(16)11-18(17(19)20)15-9-5-3-8-14(15)12-21-18/h3-10H,2,11-12H2,1H3. The van der Waals surface area contributed by atoms with E-state index in [9.17, 15) is 4.79 Å². The molecule has 0 saturated carbocycles. The number of hydrogen-bond acceptors (Lipinski definition) is 2. The smallest absolute Gasteiger partial charge is 0.264 e. The van der Waals surface area contributed by atoms with Gasteiger partial charge in [-0.05, 0) is 29.7 Å². The summed E-state index contributed by atoms with van der Waals surface area (Å²) in [5, 5.41) is 0. The minimum atomic E-state index is -0.832. The number of rotatable bonds is 1. The minimum absolute atomic E-state index is 0.0636. The summed E-state index contributed by atoms with van der Waals surface area (Å²) < 4.78 is 6.06. The van der Waals surface area contributed by atoms with E-state index in [-0.39, 0.29) is 5.91 Å². The molecule has 2 aliphatic heterocycles. The summed E-state index contributed by atoms with van der Waals surface area (Å²) in [6.45, 7) is 3.18. The Morgan fingerprint density at radius 3 is 2.62 bits per heavy atom. The Hall–Kier alpha value is -2.13. The molecule has 0 fully saturated rings. The van der Waals surface area contributed by atoms with Crippen LogP contribution in [0.3, 0.4) is 0 Å². The molecule has 3 nitrogen and oxygen atoms in total. The van der Waals surface area contributed by atoms with Crippen molar-refractivity contribution in [3.05, 3.63) is 65.2 Å². The van der Waals surface area contributed by atoms with Gasteiger partial charge in [0, 0.05) is 18.7 Å². The molecule has 0 bridgehead atoms. The number of ether oxygens (including phenoxy) is 1. The number of likely N-dealkylation sites (N-methyl/N-ethyl adjacent to an activating group) is 1. The molecule has 1 amide bonds. The van der Waals surface area contributed by atoms with Crippen molar-refractivity contribution in [2.45, 2.75) is 25.6 Å². The second-order valence-electron chi connectivity index (χ2n) is 5.63. The van der Waals surface area contributed by atoms with E-state index in [1.165, 1.54) is 5.56 Å². The molecule has 1 spiro atoms. The van der Waals surface area contributed by atoms with Crippen molar-refractivity contribution in [2.24, 2.45) is 0 Å². The lowest BCUT2D eigenvalue weighted by Gasteiger charge is -2.40. The van der Waals surface area contributed by atoms with Crippen molar-refractivity contribution in [1.82, 2.24) is 0 Å². The van der Waals surface area contributed by atoms with Gasteiger partial charge in [0.1, 0.15) is 0 Å². The molecule has 0 radical (unpaired) electrons. The number of hydrogen-bond donors (Lipinski definition) is 0. The summed E-state index contributed by atoms with van der Waals surface area (Å²) in [6, 6.07) is 16.2. The Labute approximate surface area is 124 Å². The molecule has 2 aromatic rings. The molecule has 1 unspecified atom stereocenters. The lowest BCUT2D eigenvalue weighted by Crippen LogP contribution is -2.52. The van der Waals surface area contributed by atoms with Crippen LogP contribution in [0, 0.1) is 0 Å². The van der Waals surface area contributed by atoms with E-state index in [0.717, 1.165) is 16.8 Å². The highest BCUT2D eigenvalue weighted by Crippen LogP contribution is 2.45. The van der Waals surface area contributed by atoms with Crippen LogP contribution in [0.5, 0.6) is 0 Å². The molecule has 106 valence electrons. The monoisotopic (exact) mass is 279 g/mol. The third-order valence-corrected chi connectivity index (χ3v) is 4.56. The number of fused-ring (bicyclic) bond motifs is 3. The summed E-state index contributed by atoms with van der Waals surface area (Å²) in [6.07, 6.45) is 0.621. The zero-order valence-electron chi connectivity index (χ0n) is 12.0. The SMILES string of the molecule is CCN1C(=O)C2(Cc3ccccc31)OCc1ccccc12. The van der Waals surface area contributed by atoms with E-state index in [1.807, 2.05) is 54.3 Å². The summed E-state index contributed by atoms with van der Waals surface area (Å²) in [5.41, 5.74) is 3.52. The molecule has 2 aliphatic rings. The predicted octanol–water partition coefficient (Wildman–Crippen LogP) is 3.02. The molecule has 0 saturated heterocycles. The quantitative estimate of drug-likeness (QED) is 0.803. The second kappa shape index (κ2) is 4.43. The fourth-order valence-electron chi connectivity index (χ4n) is 3.55. The first-order chi connectivity index (χ1) is 10.3. The molecule has 0 N–H and O–H groups in total. The van der Waals surface area contributed by atoms with Crippen molar-refractivity contribution < 1.29 is 9.53 Å². The fraction of sp³-hybridized carbons (Fsp3) is 0.278. The van der Waals surface area contributed by atoms with Crippen LogP contribution in [0.25, 0.3) is 0 Å². The van der Waals surface area contributed by atoms with Gasteiger partial charge in [0.2, 0.25) is 0 Å². The van der Waals surface area contributed by atoms with Gasteiger partial charge < -0.3 is 9.64 Å². The first kappa shape index (κ1) is 12.6. The van der Waals surface area contributed by atoms with Gasteiger partial charge in [-0.25, -0.2) is 0 Å².